The molecule has 2 N–H and O–H groups in total. The predicted octanol–water partition coefficient (Wildman–Crippen LogP) is 2.37. The van der Waals surface area contributed by atoms with Gasteiger partial charge in [-0.2, -0.15) is 5.10 Å². The number of benzene rings is 1. The topological polar surface area (TPSA) is 40.7 Å². The summed E-state index contributed by atoms with van der Waals surface area (Å²) >= 11 is 0. The average Bonchev–Trinajstić information content (AvgIpc) is 2.78. The molecule has 2 aromatic rings. The van der Waals surface area contributed by atoms with Gasteiger partial charge in [-0.3, -0.25) is 5.10 Å². The highest BCUT2D eigenvalue weighted by Crippen LogP contribution is 2.21. The Morgan fingerprint density at radius 3 is 2.88 bits per heavy atom. The predicted molar refractivity (Wildman–Crippen MR) is 66.2 cm³/mol. The first-order valence-electron chi connectivity index (χ1n) is 5.67. The number of H-pyrrole nitrogens is 1. The van der Waals surface area contributed by atoms with E-state index < -0.39 is 0 Å². The SMILES string of the molecule is CNC(C)Cc1cc(-c2ccccc2F)n[nH]1. The number of aromatic nitrogens is 2. The molecular weight excluding hydrogens is 217 g/mol. The van der Waals surface area contributed by atoms with Crippen LogP contribution in [-0.4, -0.2) is 23.3 Å². The lowest BCUT2D eigenvalue weighted by atomic mass is 10.1. The molecular formula is C13H16FN3. The van der Waals surface area contributed by atoms with E-state index in [1.54, 1.807) is 12.1 Å². The third-order valence-electron chi connectivity index (χ3n) is 2.80. The van der Waals surface area contributed by atoms with Crippen molar-refractivity contribution in [1.29, 1.82) is 0 Å². The lowest BCUT2D eigenvalue weighted by molar-refractivity contribution is 0.600. The van der Waals surface area contributed by atoms with E-state index in [2.05, 4.69) is 22.4 Å². The molecule has 3 nitrogen and oxygen atoms in total. The summed E-state index contributed by atoms with van der Waals surface area (Å²) in [5.74, 6) is -0.243. The molecule has 0 fully saturated rings. The Bertz CT molecular complexity index is 493. The van der Waals surface area contributed by atoms with Crippen molar-refractivity contribution >= 4 is 0 Å². The smallest absolute Gasteiger partial charge is 0.132 e. The minimum absolute atomic E-state index is 0.243. The maximum absolute atomic E-state index is 13.5. The molecule has 0 aliphatic heterocycles. The third-order valence-corrected chi connectivity index (χ3v) is 2.80. The van der Waals surface area contributed by atoms with Crippen molar-refractivity contribution in [1.82, 2.24) is 15.5 Å². The molecule has 0 aliphatic rings. The van der Waals surface area contributed by atoms with E-state index in [4.69, 9.17) is 0 Å². The number of halogens is 1. The van der Waals surface area contributed by atoms with Crippen molar-refractivity contribution in [3.05, 3.63) is 41.8 Å². The zero-order chi connectivity index (χ0) is 12.3. The summed E-state index contributed by atoms with van der Waals surface area (Å²) in [6.07, 6.45) is 0.845. The molecule has 1 aromatic carbocycles. The van der Waals surface area contributed by atoms with Crippen LogP contribution in [-0.2, 0) is 6.42 Å². The highest BCUT2D eigenvalue weighted by molar-refractivity contribution is 5.59. The van der Waals surface area contributed by atoms with Crippen LogP contribution < -0.4 is 5.32 Å². The van der Waals surface area contributed by atoms with Crippen LogP contribution in [0.3, 0.4) is 0 Å². The number of hydrogen-bond acceptors (Lipinski definition) is 2. The Hall–Kier alpha value is -1.68. The second-order valence-corrected chi connectivity index (χ2v) is 4.15. The summed E-state index contributed by atoms with van der Waals surface area (Å²) < 4.78 is 13.5. The minimum Gasteiger partial charge on any atom is -0.317 e. The molecule has 0 saturated carbocycles. The Morgan fingerprint density at radius 2 is 2.18 bits per heavy atom. The molecule has 4 heteroatoms. The molecule has 2 rings (SSSR count). The standard InChI is InChI=1S/C13H16FN3/c1-9(15-2)7-10-8-13(17-16-10)11-5-3-4-6-12(11)14/h3-6,8-9,15H,7H2,1-2H3,(H,16,17). The van der Waals surface area contributed by atoms with Crippen molar-refractivity contribution in [3.8, 4) is 11.3 Å². The second-order valence-electron chi connectivity index (χ2n) is 4.15. The zero-order valence-electron chi connectivity index (χ0n) is 10.00. The molecule has 90 valence electrons. The summed E-state index contributed by atoms with van der Waals surface area (Å²) in [7, 11) is 1.92. The van der Waals surface area contributed by atoms with E-state index in [-0.39, 0.29) is 5.82 Å². The Kier molecular flexibility index (Phi) is 3.54. The van der Waals surface area contributed by atoms with Crippen molar-refractivity contribution in [3.63, 3.8) is 0 Å². The number of hydrogen-bond donors (Lipinski definition) is 2. The summed E-state index contributed by atoms with van der Waals surface area (Å²) in [6, 6.07) is 8.92. The molecule has 0 amide bonds. The third kappa shape index (κ3) is 2.71. The van der Waals surface area contributed by atoms with E-state index in [9.17, 15) is 4.39 Å². The molecule has 0 aliphatic carbocycles. The molecule has 0 radical (unpaired) electrons. The number of rotatable bonds is 4. The first kappa shape index (κ1) is 11.8. The molecule has 1 unspecified atom stereocenters. The second kappa shape index (κ2) is 5.10. The number of nitrogens with one attached hydrogen (secondary N) is 2. The van der Waals surface area contributed by atoms with Gasteiger partial charge >= 0.3 is 0 Å². The maximum Gasteiger partial charge on any atom is 0.132 e. The minimum atomic E-state index is -0.243. The highest BCUT2D eigenvalue weighted by atomic mass is 19.1. The van der Waals surface area contributed by atoms with Crippen LogP contribution >= 0.6 is 0 Å². The van der Waals surface area contributed by atoms with Gasteiger partial charge in [0.15, 0.2) is 0 Å². The van der Waals surface area contributed by atoms with Gasteiger partial charge in [-0.05, 0) is 32.2 Å². The molecule has 17 heavy (non-hydrogen) atoms. The van der Waals surface area contributed by atoms with Gasteiger partial charge in [0.1, 0.15) is 5.82 Å². The molecule has 0 bridgehead atoms. The summed E-state index contributed by atoms with van der Waals surface area (Å²) in [4.78, 5) is 0. The van der Waals surface area contributed by atoms with E-state index in [1.807, 2.05) is 19.2 Å². The quantitative estimate of drug-likeness (QED) is 0.851. The van der Waals surface area contributed by atoms with Gasteiger partial charge in [0.25, 0.3) is 0 Å². The fourth-order valence-electron chi connectivity index (χ4n) is 1.71. The van der Waals surface area contributed by atoms with Gasteiger partial charge in [0.2, 0.25) is 0 Å². The summed E-state index contributed by atoms with van der Waals surface area (Å²) in [5, 5.41) is 10.2. The van der Waals surface area contributed by atoms with Crippen LogP contribution in [0.4, 0.5) is 4.39 Å². The van der Waals surface area contributed by atoms with E-state index >= 15 is 0 Å². The zero-order valence-corrected chi connectivity index (χ0v) is 10.00. The lowest BCUT2D eigenvalue weighted by Gasteiger charge is -2.06. The van der Waals surface area contributed by atoms with E-state index in [1.165, 1.54) is 6.07 Å². The Labute approximate surface area is 100 Å². The Morgan fingerprint density at radius 1 is 1.41 bits per heavy atom. The van der Waals surface area contributed by atoms with Gasteiger partial charge in [-0.1, -0.05) is 12.1 Å². The van der Waals surface area contributed by atoms with Gasteiger partial charge in [0.05, 0.1) is 5.69 Å². The number of likely N-dealkylation sites (N-methyl/N-ethyl adjacent to an activating group) is 1. The van der Waals surface area contributed by atoms with Crippen LogP contribution in [0.5, 0.6) is 0 Å². The van der Waals surface area contributed by atoms with E-state index in [0.717, 1.165) is 12.1 Å². The molecule has 0 saturated heterocycles. The molecule has 1 heterocycles. The molecule has 1 atom stereocenters. The average molecular weight is 233 g/mol. The van der Waals surface area contributed by atoms with Crippen LogP contribution in [0.25, 0.3) is 11.3 Å². The molecule has 0 spiro atoms. The van der Waals surface area contributed by atoms with Crippen molar-refractivity contribution in [2.24, 2.45) is 0 Å². The highest BCUT2D eigenvalue weighted by Gasteiger charge is 2.09. The van der Waals surface area contributed by atoms with Gasteiger partial charge in [0, 0.05) is 23.7 Å². The van der Waals surface area contributed by atoms with Crippen LogP contribution in [0.1, 0.15) is 12.6 Å². The largest absolute Gasteiger partial charge is 0.317 e. The summed E-state index contributed by atoms with van der Waals surface area (Å²) in [5.41, 5.74) is 2.19. The normalized spacial score (nSPS) is 12.6. The molecule has 1 aromatic heterocycles. The van der Waals surface area contributed by atoms with Gasteiger partial charge in [-0.15, -0.1) is 0 Å². The van der Waals surface area contributed by atoms with Gasteiger partial charge < -0.3 is 5.32 Å². The van der Waals surface area contributed by atoms with Crippen LogP contribution in [0.15, 0.2) is 30.3 Å². The first-order chi connectivity index (χ1) is 8.20. The van der Waals surface area contributed by atoms with Gasteiger partial charge in [-0.25, -0.2) is 4.39 Å². The fourth-order valence-corrected chi connectivity index (χ4v) is 1.71. The first-order valence-corrected chi connectivity index (χ1v) is 5.67. The van der Waals surface area contributed by atoms with Crippen LogP contribution in [0.2, 0.25) is 0 Å². The van der Waals surface area contributed by atoms with Crippen LogP contribution in [0, 0.1) is 5.82 Å². The maximum atomic E-state index is 13.5. The van der Waals surface area contributed by atoms with Crippen molar-refractivity contribution in [2.75, 3.05) is 7.05 Å². The number of aromatic amines is 1. The number of nitrogens with zero attached hydrogens (tertiary/aromatic N) is 1. The van der Waals surface area contributed by atoms with Crippen molar-refractivity contribution in [2.45, 2.75) is 19.4 Å². The fraction of sp³-hybridized carbons (Fsp3) is 0.308. The van der Waals surface area contributed by atoms with Crippen molar-refractivity contribution < 1.29 is 4.39 Å². The summed E-state index contributed by atoms with van der Waals surface area (Å²) in [6.45, 7) is 2.09. The lowest BCUT2D eigenvalue weighted by Crippen LogP contribution is -2.23. The Balaban J connectivity index is 2.21. The van der Waals surface area contributed by atoms with E-state index in [0.29, 0.717) is 17.3 Å². The monoisotopic (exact) mass is 233 g/mol.